The van der Waals surface area contributed by atoms with Crippen LogP contribution in [-0.2, 0) is 0 Å². The maximum atomic E-state index is 12.5. The molecule has 1 aromatic heterocycles. The van der Waals surface area contributed by atoms with Gasteiger partial charge in [0.2, 0.25) is 0 Å². The SMILES string of the molecule is Oc1ccc(-c2c(-c3cc(O)cc(O)c3)oc3cc4c(c(C=Cc5ccc(O)c([C@H]6c7cc(O)cc8c7[C@H](c7cc(O)cc(O)c7[C@@H]6c6ccc(O)cc6)[C@@H](c6ccc(O)cc6)O8)c5)c23)[C@H](c2cc(O)cc(O)c2)[C@@H](c2ccc(O)cc2)O4)cc1. The van der Waals surface area contributed by atoms with E-state index >= 15 is 0 Å². The van der Waals surface area contributed by atoms with Gasteiger partial charge >= 0.3 is 0 Å². The number of hydrogen-bond acceptors (Lipinski definition) is 15. The van der Waals surface area contributed by atoms with Crippen molar-refractivity contribution in [3.8, 4) is 103 Å². The van der Waals surface area contributed by atoms with Gasteiger partial charge in [0.25, 0.3) is 0 Å². The van der Waals surface area contributed by atoms with E-state index in [9.17, 15) is 61.3 Å². The lowest BCUT2D eigenvalue weighted by Gasteiger charge is -2.31. The summed E-state index contributed by atoms with van der Waals surface area (Å²) in [5.74, 6) is -4.19. The van der Waals surface area contributed by atoms with Crippen molar-refractivity contribution in [2.24, 2.45) is 0 Å². The summed E-state index contributed by atoms with van der Waals surface area (Å²) in [6.07, 6.45) is 2.05. The number of phenols is 12. The van der Waals surface area contributed by atoms with Crippen molar-refractivity contribution in [3.05, 3.63) is 249 Å². The zero-order valence-electron chi connectivity index (χ0n) is 44.5. The second-order valence-corrected chi connectivity index (χ2v) is 21.8. The van der Waals surface area contributed by atoms with Gasteiger partial charge in [0.1, 0.15) is 104 Å². The maximum Gasteiger partial charge on any atom is 0.143 e. The predicted octanol–water partition coefficient (Wildman–Crippen LogP) is 14.2. The van der Waals surface area contributed by atoms with Gasteiger partial charge in [-0.1, -0.05) is 66.7 Å². The average Bonchev–Trinajstić information content (AvgIpc) is 1.78. The molecule has 0 saturated carbocycles. The first-order valence-electron chi connectivity index (χ1n) is 27.1. The Bertz CT molecular complexity index is 4490. The maximum absolute atomic E-state index is 12.5. The molecule has 3 aliphatic rings. The summed E-state index contributed by atoms with van der Waals surface area (Å²) >= 11 is 0. The normalized spacial score (nSPS) is 18.4. The lowest BCUT2D eigenvalue weighted by Crippen LogP contribution is -2.16. The highest BCUT2D eigenvalue weighted by Gasteiger charge is 2.49. The number of aromatic hydroxyl groups is 12. The standard InChI is InChI=1S/C70H50O15/c71-40-11-3-34(4-12-40)59-62(52-29-49(80)31-56-66(52)67(53-28-48(79)30-55(82)63(53)59)69(83-56)37-9-17-43(74)18-10-37)51-21-33(2-20-54(51)81)1-19-50-64-57(85-70(39-24-46(77)27-47(78)25-39)60(64)35-5-13-41(72)14-6-35)32-58-65(50)61(38-22-44(75)26-45(76)23-38)68(84-58)36-7-15-42(73)16-8-36/h1-32,59,61-62,67-69,71-82H/t59-,61+,62+,67+,68-,69-/m1/s1. The predicted molar refractivity (Wildman–Crippen MR) is 315 cm³/mol. The number of rotatable bonds is 9. The van der Waals surface area contributed by atoms with Gasteiger partial charge in [0, 0.05) is 80.9 Å². The largest absolute Gasteiger partial charge is 0.508 e. The zero-order chi connectivity index (χ0) is 58.7. The van der Waals surface area contributed by atoms with Crippen LogP contribution in [-0.4, -0.2) is 61.3 Å². The Labute approximate surface area is 483 Å². The van der Waals surface area contributed by atoms with E-state index in [1.807, 2.05) is 12.2 Å². The van der Waals surface area contributed by atoms with Gasteiger partial charge in [-0.05, 0) is 147 Å². The van der Waals surface area contributed by atoms with Crippen molar-refractivity contribution in [1.29, 1.82) is 0 Å². The summed E-state index contributed by atoms with van der Waals surface area (Å²) in [7, 11) is 0. The fourth-order valence-electron chi connectivity index (χ4n) is 13.1. The van der Waals surface area contributed by atoms with Crippen LogP contribution in [0.2, 0.25) is 0 Å². The minimum Gasteiger partial charge on any atom is -0.508 e. The molecule has 6 atom stereocenters. The lowest BCUT2D eigenvalue weighted by molar-refractivity contribution is 0.221. The second-order valence-electron chi connectivity index (χ2n) is 21.8. The van der Waals surface area contributed by atoms with E-state index in [0.717, 1.165) is 0 Å². The number of hydrogen-bond donors (Lipinski definition) is 12. The average molecular weight is 1130 g/mol. The Morgan fingerprint density at radius 2 is 0.824 bits per heavy atom. The minimum atomic E-state index is -0.952. The molecule has 2 aliphatic heterocycles. The van der Waals surface area contributed by atoms with Crippen molar-refractivity contribution < 1.29 is 75.2 Å². The van der Waals surface area contributed by atoms with Gasteiger partial charge in [-0.2, -0.15) is 0 Å². The molecule has 0 amide bonds. The molecule has 0 unspecified atom stereocenters. The van der Waals surface area contributed by atoms with Crippen LogP contribution in [0.1, 0.15) is 103 Å². The van der Waals surface area contributed by atoms with E-state index in [2.05, 4.69) is 0 Å². The molecule has 12 N–H and O–H groups in total. The summed E-state index contributed by atoms with van der Waals surface area (Å²) < 4.78 is 20.6. The number of phenolic OH excluding ortho intramolecular Hbond substituents is 12. The third-order valence-corrected chi connectivity index (χ3v) is 16.5. The number of furan rings is 1. The van der Waals surface area contributed by atoms with Crippen LogP contribution in [0, 0.1) is 0 Å². The Morgan fingerprint density at radius 3 is 1.42 bits per heavy atom. The molecule has 0 saturated heterocycles. The molecular weight excluding hydrogens is 1080 g/mol. The van der Waals surface area contributed by atoms with Gasteiger partial charge in [0.05, 0.1) is 11.8 Å². The fraction of sp³-hybridized carbons (Fsp3) is 0.0857. The molecule has 14 rings (SSSR count). The fourth-order valence-corrected chi connectivity index (χ4v) is 13.1. The van der Waals surface area contributed by atoms with E-state index in [1.165, 1.54) is 97.1 Å². The molecule has 0 bridgehead atoms. The first-order valence-corrected chi connectivity index (χ1v) is 27.1. The van der Waals surface area contributed by atoms with E-state index in [4.69, 9.17) is 13.9 Å². The first-order chi connectivity index (χ1) is 41.0. The summed E-state index contributed by atoms with van der Waals surface area (Å²) in [4.78, 5) is 0. The third-order valence-electron chi connectivity index (χ3n) is 16.5. The van der Waals surface area contributed by atoms with Crippen molar-refractivity contribution in [1.82, 2.24) is 0 Å². The van der Waals surface area contributed by atoms with Crippen molar-refractivity contribution in [3.63, 3.8) is 0 Å². The van der Waals surface area contributed by atoms with Crippen molar-refractivity contribution in [2.75, 3.05) is 0 Å². The Hall–Kier alpha value is -11.3. The van der Waals surface area contributed by atoms with Crippen molar-refractivity contribution in [2.45, 2.75) is 35.9 Å². The van der Waals surface area contributed by atoms with E-state index < -0.39 is 35.9 Å². The Balaban J connectivity index is 1.03. The van der Waals surface area contributed by atoms with Gasteiger partial charge in [-0.3, -0.25) is 0 Å². The number of fused-ring (bicyclic) bond motifs is 4. The van der Waals surface area contributed by atoms with Crippen molar-refractivity contribution >= 4 is 23.1 Å². The van der Waals surface area contributed by atoms with Crippen LogP contribution in [0.5, 0.6) is 80.5 Å². The van der Waals surface area contributed by atoms with E-state index in [1.54, 1.807) is 84.9 Å². The van der Waals surface area contributed by atoms with Crippen LogP contribution in [0.4, 0.5) is 0 Å². The quantitative estimate of drug-likeness (QED) is 0.0599. The summed E-state index contributed by atoms with van der Waals surface area (Å²) in [6, 6.07) is 47.0. The molecule has 15 nitrogen and oxygen atoms in total. The zero-order valence-corrected chi connectivity index (χ0v) is 44.5. The molecule has 1 aliphatic carbocycles. The van der Waals surface area contributed by atoms with Crippen LogP contribution in [0.15, 0.2) is 186 Å². The Morgan fingerprint density at radius 1 is 0.318 bits per heavy atom. The second kappa shape index (κ2) is 19.7. The summed E-state index contributed by atoms with van der Waals surface area (Å²) in [5, 5.41) is 134. The highest BCUT2D eigenvalue weighted by Crippen LogP contribution is 2.63. The Kier molecular flexibility index (Phi) is 12.0. The van der Waals surface area contributed by atoms with Gasteiger partial charge in [0.15, 0.2) is 0 Å². The summed E-state index contributed by atoms with van der Waals surface area (Å²) in [5.41, 5.74) is 7.96. The molecule has 420 valence electrons. The topological polar surface area (TPSA) is 274 Å². The highest BCUT2D eigenvalue weighted by atomic mass is 16.5. The van der Waals surface area contributed by atoms with E-state index in [-0.39, 0.29) is 74.8 Å². The smallest absolute Gasteiger partial charge is 0.143 e. The highest BCUT2D eigenvalue weighted by molar-refractivity contribution is 6.08. The summed E-state index contributed by atoms with van der Waals surface area (Å²) in [6.45, 7) is 0. The van der Waals surface area contributed by atoms with Crippen LogP contribution in [0.25, 0.3) is 45.6 Å². The number of benzene rings is 10. The van der Waals surface area contributed by atoms with E-state index in [0.29, 0.717) is 106 Å². The van der Waals surface area contributed by atoms with Crippen LogP contribution < -0.4 is 9.47 Å². The lowest BCUT2D eigenvalue weighted by atomic mass is 9.72. The monoisotopic (exact) mass is 1130 g/mol. The van der Waals surface area contributed by atoms with Crippen LogP contribution in [0.3, 0.4) is 0 Å². The van der Waals surface area contributed by atoms with Gasteiger partial charge < -0.3 is 75.2 Å². The molecule has 11 aromatic rings. The van der Waals surface area contributed by atoms with Crippen LogP contribution >= 0.6 is 0 Å². The third kappa shape index (κ3) is 8.84. The molecule has 15 heteroatoms. The van der Waals surface area contributed by atoms with Gasteiger partial charge in [-0.25, -0.2) is 0 Å². The molecule has 10 aromatic carbocycles. The molecule has 0 spiro atoms. The first kappa shape index (κ1) is 51.8. The molecule has 0 fully saturated rings. The molecule has 85 heavy (non-hydrogen) atoms. The minimum absolute atomic E-state index is 0.0137. The number of ether oxygens (including phenoxy) is 2. The molecular formula is C70H50O15. The molecule has 0 radical (unpaired) electrons. The van der Waals surface area contributed by atoms with Gasteiger partial charge in [-0.15, -0.1) is 0 Å². The molecule has 3 heterocycles.